The van der Waals surface area contributed by atoms with Gasteiger partial charge < -0.3 is 5.32 Å². The first-order chi connectivity index (χ1) is 9.40. The van der Waals surface area contributed by atoms with Crippen LogP contribution in [0, 0.1) is 5.82 Å². The molecule has 1 nitrogen and oxygen atoms in total. The number of halogens is 5. The summed E-state index contributed by atoms with van der Waals surface area (Å²) >= 11 is 24.1. The van der Waals surface area contributed by atoms with Crippen molar-refractivity contribution in [2.75, 3.05) is 5.32 Å². The van der Waals surface area contributed by atoms with Gasteiger partial charge in [0.2, 0.25) is 0 Å². The molecule has 0 fully saturated rings. The van der Waals surface area contributed by atoms with Gasteiger partial charge in [0, 0.05) is 0 Å². The van der Waals surface area contributed by atoms with Crippen molar-refractivity contribution in [1.29, 1.82) is 0 Å². The van der Waals surface area contributed by atoms with E-state index in [9.17, 15) is 4.39 Å². The first-order valence-electron chi connectivity index (χ1n) is 5.75. The minimum Gasteiger partial charge on any atom is -0.377 e. The summed E-state index contributed by atoms with van der Waals surface area (Å²) in [6.07, 6.45) is 0. The van der Waals surface area contributed by atoms with Crippen molar-refractivity contribution in [2.24, 2.45) is 0 Å². The highest BCUT2D eigenvalue weighted by molar-refractivity contribution is 6.48. The molecule has 0 aliphatic rings. The Hall–Kier alpha value is -0.670. The van der Waals surface area contributed by atoms with Crippen LogP contribution in [0.25, 0.3) is 0 Å². The highest BCUT2D eigenvalue weighted by Gasteiger charge is 2.15. The van der Waals surface area contributed by atoms with Crippen LogP contribution in [0.15, 0.2) is 30.3 Å². The molecule has 0 aliphatic heterocycles. The Labute approximate surface area is 136 Å². The van der Waals surface area contributed by atoms with E-state index in [-0.39, 0.29) is 11.9 Å². The number of nitrogens with one attached hydrogen (secondary N) is 1. The minimum absolute atomic E-state index is 0.212. The van der Waals surface area contributed by atoms with Crippen molar-refractivity contribution in [3.63, 3.8) is 0 Å². The molecule has 1 atom stereocenters. The van der Waals surface area contributed by atoms with Crippen molar-refractivity contribution in [1.82, 2.24) is 0 Å². The number of rotatable bonds is 3. The molecular weight excluding hydrogens is 343 g/mol. The van der Waals surface area contributed by atoms with Crippen molar-refractivity contribution in [2.45, 2.75) is 13.0 Å². The van der Waals surface area contributed by atoms with E-state index in [1.807, 2.05) is 6.92 Å². The monoisotopic (exact) mass is 351 g/mol. The van der Waals surface area contributed by atoms with E-state index in [0.717, 1.165) is 5.56 Å². The second kappa shape index (κ2) is 6.40. The summed E-state index contributed by atoms with van der Waals surface area (Å²) in [5.41, 5.74) is 1.24. The van der Waals surface area contributed by atoms with Crippen LogP contribution in [0.1, 0.15) is 18.5 Å². The summed E-state index contributed by atoms with van der Waals surface area (Å²) in [4.78, 5) is 0. The molecule has 0 radical (unpaired) electrons. The predicted octanol–water partition coefficient (Wildman–Crippen LogP) is 6.61. The highest BCUT2D eigenvalue weighted by Crippen LogP contribution is 2.37. The van der Waals surface area contributed by atoms with Gasteiger partial charge in [0.05, 0.1) is 31.8 Å². The zero-order valence-electron chi connectivity index (χ0n) is 10.4. The summed E-state index contributed by atoms with van der Waals surface area (Å²) in [5, 5.41) is 4.57. The lowest BCUT2D eigenvalue weighted by Crippen LogP contribution is -2.08. The van der Waals surface area contributed by atoms with Gasteiger partial charge in [0.15, 0.2) is 0 Å². The largest absolute Gasteiger partial charge is 0.377 e. The second-order valence-electron chi connectivity index (χ2n) is 4.25. The van der Waals surface area contributed by atoms with Crippen LogP contribution in [-0.2, 0) is 0 Å². The molecule has 106 valence electrons. The summed E-state index contributed by atoms with van der Waals surface area (Å²) in [5.74, 6) is -0.371. The van der Waals surface area contributed by atoms with Gasteiger partial charge in [-0.2, -0.15) is 0 Å². The molecule has 2 aromatic carbocycles. The third-order valence-corrected chi connectivity index (χ3v) is 4.47. The van der Waals surface area contributed by atoms with Crippen molar-refractivity contribution in [3.05, 3.63) is 61.8 Å². The maximum Gasteiger partial charge on any atom is 0.125 e. The second-order valence-corrected chi connectivity index (χ2v) is 5.83. The first kappa shape index (κ1) is 15.7. The number of hydrogen-bond acceptors (Lipinski definition) is 1. The zero-order chi connectivity index (χ0) is 14.9. The van der Waals surface area contributed by atoms with E-state index in [1.54, 1.807) is 12.1 Å². The summed E-state index contributed by atoms with van der Waals surface area (Å²) in [6.45, 7) is 1.87. The topological polar surface area (TPSA) is 12.0 Å². The Bertz CT molecular complexity index is 645. The molecule has 6 heteroatoms. The van der Waals surface area contributed by atoms with Gasteiger partial charge in [0.25, 0.3) is 0 Å². The van der Waals surface area contributed by atoms with Crippen molar-refractivity contribution in [3.8, 4) is 0 Å². The fourth-order valence-corrected chi connectivity index (χ4v) is 2.67. The molecule has 2 rings (SSSR count). The molecule has 2 aromatic rings. The molecule has 0 spiro atoms. The summed E-state index contributed by atoms with van der Waals surface area (Å²) < 4.78 is 13.2. The Morgan fingerprint density at radius 3 is 2.30 bits per heavy atom. The fraction of sp³-hybridized carbons (Fsp3) is 0.143. The van der Waals surface area contributed by atoms with Gasteiger partial charge >= 0.3 is 0 Å². The lowest BCUT2D eigenvalue weighted by Gasteiger charge is -2.19. The van der Waals surface area contributed by atoms with Gasteiger partial charge in [-0.25, -0.2) is 4.39 Å². The lowest BCUT2D eigenvalue weighted by molar-refractivity contribution is 0.628. The number of benzene rings is 2. The smallest absolute Gasteiger partial charge is 0.125 e. The van der Waals surface area contributed by atoms with Gasteiger partial charge in [-0.05, 0) is 36.8 Å². The Kier molecular flexibility index (Phi) is 5.03. The van der Waals surface area contributed by atoms with Crippen LogP contribution in [-0.4, -0.2) is 0 Å². The van der Waals surface area contributed by atoms with Crippen molar-refractivity contribution >= 4 is 52.1 Å². The first-order valence-corrected chi connectivity index (χ1v) is 7.26. The molecule has 20 heavy (non-hydrogen) atoms. The van der Waals surface area contributed by atoms with Gasteiger partial charge in [-0.15, -0.1) is 0 Å². The molecule has 0 aromatic heterocycles. The van der Waals surface area contributed by atoms with E-state index >= 15 is 0 Å². The number of anilines is 1. The zero-order valence-corrected chi connectivity index (χ0v) is 13.4. The highest BCUT2D eigenvalue weighted by atomic mass is 35.5. The average molecular weight is 353 g/mol. The van der Waals surface area contributed by atoms with Crippen LogP contribution >= 0.6 is 46.4 Å². The molecular formula is C14H10Cl4FN. The van der Waals surface area contributed by atoms with Gasteiger partial charge in [-0.3, -0.25) is 0 Å². The van der Waals surface area contributed by atoms with Gasteiger partial charge in [0.1, 0.15) is 5.82 Å². The summed E-state index contributed by atoms with van der Waals surface area (Å²) in [7, 11) is 0. The lowest BCUT2D eigenvalue weighted by atomic mass is 10.1. The standard InChI is InChI=1S/C14H10Cl4FN/c1-7(9-3-5-11(16)14(18)13(9)17)20-12-6-8(19)2-4-10(12)15/h2-7,20H,1H3. The fourth-order valence-electron chi connectivity index (χ4n) is 1.79. The minimum atomic E-state index is -0.371. The molecule has 0 bridgehead atoms. The third-order valence-electron chi connectivity index (χ3n) is 2.83. The molecule has 0 aliphatic carbocycles. The molecule has 0 saturated carbocycles. The van der Waals surface area contributed by atoms with E-state index in [1.165, 1.54) is 18.2 Å². The number of hydrogen-bond donors (Lipinski definition) is 1. The van der Waals surface area contributed by atoms with E-state index in [0.29, 0.717) is 25.8 Å². The Balaban J connectivity index is 2.31. The quantitative estimate of drug-likeness (QED) is 0.612. The van der Waals surface area contributed by atoms with Crippen LogP contribution in [0.5, 0.6) is 0 Å². The third kappa shape index (κ3) is 3.32. The maximum atomic E-state index is 13.2. The SMILES string of the molecule is CC(Nc1cc(F)ccc1Cl)c1ccc(Cl)c(Cl)c1Cl. The Morgan fingerprint density at radius 2 is 1.60 bits per heavy atom. The molecule has 0 heterocycles. The van der Waals surface area contributed by atoms with Crippen LogP contribution in [0.4, 0.5) is 10.1 Å². The average Bonchev–Trinajstić information content (AvgIpc) is 2.40. The van der Waals surface area contributed by atoms with Crippen molar-refractivity contribution < 1.29 is 4.39 Å². The maximum absolute atomic E-state index is 13.2. The molecule has 0 saturated heterocycles. The molecule has 1 N–H and O–H groups in total. The predicted molar refractivity (Wildman–Crippen MR) is 84.9 cm³/mol. The normalized spacial score (nSPS) is 12.3. The van der Waals surface area contributed by atoms with Crippen LogP contribution in [0.3, 0.4) is 0 Å². The van der Waals surface area contributed by atoms with E-state index in [2.05, 4.69) is 5.32 Å². The summed E-state index contributed by atoms with van der Waals surface area (Å²) in [6, 6.07) is 7.33. The molecule has 1 unspecified atom stereocenters. The van der Waals surface area contributed by atoms with Crippen LogP contribution < -0.4 is 5.32 Å². The van der Waals surface area contributed by atoms with Crippen LogP contribution in [0.2, 0.25) is 20.1 Å². The van der Waals surface area contributed by atoms with E-state index < -0.39 is 0 Å². The van der Waals surface area contributed by atoms with Gasteiger partial charge in [-0.1, -0.05) is 52.5 Å². The Morgan fingerprint density at radius 1 is 0.950 bits per heavy atom. The van der Waals surface area contributed by atoms with E-state index in [4.69, 9.17) is 46.4 Å². The molecule has 0 amide bonds.